The van der Waals surface area contributed by atoms with E-state index in [0.29, 0.717) is 18.7 Å². The highest BCUT2D eigenvalue weighted by Crippen LogP contribution is 2.25. The van der Waals surface area contributed by atoms with Crippen molar-refractivity contribution >= 4 is 27.5 Å². The van der Waals surface area contributed by atoms with Gasteiger partial charge in [0.05, 0.1) is 10.6 Å². The number of nitrogens with zero attached hydrogens (tertiary/aromatic N) is 2. The molecule has 0 aliphatic rings. The average molecular weight is 536 g/mol. The molecule has 38 heavy (non-hydrogen) atoms. The van der Waals surface area contributed by atoms with Crippen LogP contribution in [-0.4, -0.2) is 44.3 Å². The van der Waals surface area contributed by atoms with Crippen molar-refractivity contribution in [2.24, 2.45) is 0 Å². The summed E-state index contributed by atoms with van der Waals surface area (Å²) < 4.78 is 28.7. The first-order valence-electron chi connectivity index (χ1n) is 12.9. The summed E-state index contributed by atoms with van der Waals surface area (Å²) in [5.41, 5.74) is 3.25. The van der Waals surface area contributed by atoms with Gasteiger partial charge in [-0.1, -0.05) is 79.6 Å². The van der Waals surface area contributed by atoms with E-state index in [9.17, 15) is 18.0 Å². The van der Waals surface area contributed by atoms with Crippen LogP contribution in [-0.2, 0) is 26.2 Å². The van der Waals surface area contributed by atoms with Crippen LogP contribution in [0, 0.1) is 13.8 Å². The molecule has 3 rings (SSSR count). The highest BCUT2D eigenvalue weighted by atomic mass is 32.2. The lowest BCUT2D eigenvalue weighted by Crippen LogP contribution is -2.52. The molecule has 1 N–H and O–H groups in total. The zero-order valence-corrected chi connectivity index (χ0v) is 23.4. The van der Waals surface area contributed by atoms with Crippen molar-refractivity contribution in [2.75, 3.05) is 17.4 Å². The molecule has 1 atom stereocenters. The molecule has 0 saturated heterocycles. The van der Waals surface area contributed by atoms with Gasteiger partial charge in [-0.25, -0.2) is 8.42 Å². The second-order valence-electron chi connectivity index (χ2n) is 9.38. The first kappa shape index (κ1) is 28.9. The molecule has 7 nitrogen and oxygen atoms in total. The number of sulfonamides is 1. The van der Waals surface area contributed by atoms with Gasteiger partial charge in [-0.05, 0) is 56.5 Å². The fourth-order valence-electron chi connectivity index (χ4n) is 4.14. The third kappa shape index (κ3) is 7.22. The topological polar surface area (TPSA) is 86.8 Å². The molecule has 8 heteroatoms. The first-order chi connectivity index (χ1) is 18.2. The molecule has 2 amide bonds. The summed E-state index contributed by atoms with van der Waals surface area (Å²) in [4.78, 5) is 28.6. The molecule has 0 aliphatic heterocycles. The van der Waals surface area contributed by atoms with E-state index in [1.807, 2.05) is 52.0 Å². The van der Waals surface area contributed by atoms with Crippen LogP contribution in [0.1, 0.15) is 43.4 Å². The van der Waals surface area contributed by atoms with E-state index in [1.54, 1.807) is 54.6 Å². The minimum absolute atomic E-state index is 0.0950. The average Bonchev–Trinajstić information content (AvgIpc) is 2.92. The number of hydrogen-bond acceptors (Lipinski definition) is 4. The quantitative estimate of drug-likeness (QED) is 0.360. The first-order valence-corrected chi connectivity index (χ1v) is 14.4. The molecule has 3 aromatic carbocycles. The Hall–Kier alpha value is -3.65. The lowest BCUT2D eigenvalue weighted by Gasteiger charge is -2.33. The molecule has 0 bridgehead atoms. The second kappa shape index (κ2) is 13.2. The van der Waals surface area contributed by atoms with Crippen LogP contribution in [0.3, 0.4) is 0 Å². The van der Waals surface area contributed by atoms with Crippen molar-refractivity contribution in [1.29, 1.82) is 0 Å². The molecule has 0 unspecified atom stereocenters. The smallest absolute Gasteiger partial charge is 0.264 e. The molecule has 202 valence electrons. The Morgan fingerprint density at radius 3 is 1.97 bits per heavy atom. The van der Waals surface area contributed by atoms with Crippen LogP contribution in [0.2, 0.25) is 0 Å². The highest BCUT2D eigenvalue weighted by molar-refractivity contribution is 7.92. The summed E-state index contributed by atoms with van der Waals surface area (Å²) in [6.45, 7) is 7.92. The van der Waals surface area contributed by atoms with Crippen LogP contribution < -0.4 is 9.62 Å². The Morgan fingerprint density at radius 1 is 0.842 bits per heavy atom. The standard InChI is InChI=1S/C30H37N3O4S/c1-5-20-31-30(35)28(6-2)32(21-25-16-12-23(3)13-17-25)29(34)22-33(26-10-8-7-9-11-26)38(36,37)27-18-14-24(4)15-19-27/h7-19,28H,5-6,20-22H2,1-4H3,(H,31,35)/t28-/m0/s1. The molecule has 0 aliphatic carbocycles. The van der Waals surface area contributed by atoms with Crippen LogP contribution in [0.5, 0.6) is 0 Å². The van der Waals surface area contributed by atoms with Gasteiger partial charge in [0.15, 0.2) is 0 Å². The van der Waals surface area contributed by atoms with Crippen molar-refractivity contribution in [2.45, 2.75) is 58.0 Å². The summed E-state index contributed by atoms with van der Waals surface area (Å²) in [6.07, 6.45) is 1.16. The number of carbonyl (C=O) groups excluding carboxylic acids is 2. The van der Waals surface area contributed by atoms with Crippen LogP contribution in [0.25, 0.3) is 0 Å². The zero-order chi connectivity index (χ0) is 27.7. The Labute approximate surface area is 226 Å². The third-order valence-corrected chi connectivity index (χ3v) is 8.13. The summed E-state index contributed by atoms with van der Waals surface area (Å²) in [7, 11) is -4.06. The van der Waals surface area contributed by atoms with Gasteiger partial charge in [0.1, 0.15) is 12.6 Å². The van der Waals surface area contributed by atoms with Gasteiger partial charge < -0.3 is 10.2 Å². The fraction of sp³-hybridized carbons (Fsp3) is 0.333. The molecule has 0 heterocycles. The van der Waals surface area contributed by atoms with Crippen LogP contribution in [0.15, 0.2) is 83.8 Å². The van der Waals surface area contributed by atoms with Gasteiger partial charge in [0, 0.05) is 13.1 Å². The summed E-state index contributed by atoms with van der Waals surface area (Å²) >= 11 is 0. The fourth-order valence-corrected chi connectivity index (χ4v) is 5.55. The number of benzene rings is 3. The van der Waals surface area contributed by atoms with E-state index >= 15 is 0 Å². The van der Waals surface area contributed by atoms with Gasteiger partial charge >= 0.3 is 0 Å². The molecular formula is C30H37N3O4S. The van der Waals surface area contributed by atoms with Gasteiger partial charge in [0.2, 0.25) is 11.8 Å². The van der Waals surface area contributed by atoms with Crippen molar-refractivity contribution in [3.63, 3.8) is 0 Å². The Kier molecular flexibility index (Phi) is 10.1. The highest BCUT2D eigenvalue weighted by Gasteiger charge is 2.33. The van der Waals surface area contributed by atoms with Crippen LogP contribution in [0.4, 0.5) is 5.69 Å². The second-order valence-corrected chi connectivity index (χ2v) is 11.2. The van der Waals surface area contributed by atoms with E-state index < -0.39 is 28.5 Å². The van der Waals surface area contributed by atoms with E-state index in [0.717, 1.165) is 27.4 Å². The number of carbonyl (C=O) groups is 2. The normalized spacial score (nSPS) is 12.0. The summed E-state index contributed by atoms with van der Waals surface area (Å²) in [5.74, 6) is -0.703. The minimum atomic E-state index is -4.06. The monoisotopic (exact) mass is 535 g/mol. The number of nitrogens with one attached hydrogen (secondary N) is 1. The minimum Gasteiger partial charge on any atom is -0.354 e. The van der Waals surface area contributed by atoms with Gasteiger partial charge in [0.25, 0.3) is 10.0 Å². The van der Waals surface area contributed by atoms with Crippen molar-refractivity contribution in [3.8, 4) is 0 Å². The van der Waals surface area contributed by atoms with Gasteiger partial charge in [-0.3, -0.25) is 13.9 Å². The SMILES string of the molecule is CCCNC(=O)[C@H](CC)N(Cc1ccc(C)cc1)C(=O)CN(c1ccccc1)S(=O)(=O)c1ccc(C)cc1. The van der Waals surface area contributed by atoms with E-state index in [4.69, 9.17) is 0 Å². The maximum absolute atomic E-state index is 13.9. The Bertz CT molecular complexity index is 1310. The van der Waals surface area contributed by atoms with Crippen molar-refractivity contribution < 1.29 is 18.0 Å². The predicted octanol–water partition coefficient (Wildman–Crippen LogP) is 4.83. The zero-order valence-electron chi connectivity index (χ0n) is 22.6. The van der Waals surface area contributed by atoms with E-state index in [-0.39, 0.29) is 17.3 Å². The number of hydrogen-bond donors (Lipinski definition) is 1. The number of amides is 2. The molecule has 0 spiro atoms. The van der Waals surface area contributed by atoms with Gasteiger partial charge in [-0.15, -0.1) is 0 Å². The molecule has 0 radical (unpaired) electrons. The van der Waals surface area contributed by atoms with Crippen LogP contribution >= 0.6 is 0 Å². The number of para-hydroxylation sites is 1. The number of aryl methyl sites for hydroxylation is 2. The Morgan fingerprint density at radius 2 is 1.42 bits per heavy atom. The molecule has 3 aromatic rings. The lowest BCUT2D eigenvalue weighted by molar-refractivity contribution is -0.140. The predicted molar refractivity (Wildman–Crippen MR) is 151 cm³/mol. The lowest BCUT2D eigenvalue weighted by atomic mass is 10.1. The van der Waals surface area contributed by atoms with Gasteiger partial charge in [-0.2, -0.15) is 0 Å². The number of rotatable bonds is 12. The van der Waals surface area contributed by atoms with E-state index in [1.165, 1.54) is 4.90 Å². The summed E-state index contributed by atoms with van der Waals surface area (Å²) in [5, 5.41) is 2.90. The van der Waals surface area contributed by atoms with Crippen molar-refractivity contribution in [3.05, 3.63) is 95.6 Å². The molecule has 0 aromatic heterocycles. The molecular weight excluding hydrogens is 498 g/mol. The molecule has 0 fully saturated rings. The maximum atomic E-state index is 13.9. The van der Waals surface area contributed by atoms with E-state index in [2.05, 4.69) is 5.32 Å². The Balaban J connectivity index is 2.01. The third-order valence-electron chi connectivity index (χ3n) is 6.34. The largest absolute Gasteiger partial charge is 0.354 e. The van der Waals surface area contributed by atoms with Crippen molar-refractivity contribution in [1.82, 2.24) is 10.2 Å². The number of anilines is 1. The maximum Gasteiger partial charge on any atom is 0.264 e. The summed E-state index contributed by atoms with van der Waals surface area (Å²) in [6, 6.07) is 22.1. The molecule has 0 saturated carbocycles.